The average molecular weight is 312 g/mol. The summed E-state index contributed by atoms with van der Waals surface area (Å²) in [6.07, 6.45) is 5.38. The molecule has 0 bridgehead atoms. The van der Waals surface area contributed by atoms with E-state index in [9.17, 15) is 0 Å². The van der Waals surface area contributed by atoms with Gasteiger partial charge in [-0.05, 0) is 43.4 Å². The van der Waals surface area contributed by atoms with E-state index in [0.29, 0.717) is 6.04 Å². The Bertz CT molecular complexity index is 410. The van der Waals surface area contributed by atoms with Crippen LogP contribution in [0.5, 0.6) is 0 Å². The number of hydrogen-bond donors (Lipinski definition) is 1. The Morgan fingerprint density at radius 3 is 2.75 bits per heavy atom. The van der Waals surface area contributed by atoms with Gasteiger partial charge in [0.15, 0.2) is 0 Å². The third-order valence-corrected chi connectivity index (χ3v) is 6.15. The van der Waals surface area contributed by atoms with Crippen LogP contribution in [-0.4, -0.2) is 17.8 Å². The molecule has 1 aromatic rings. The maximum atomic E-state index is 6.27. The third-order valence-electron chi connectivity index (χ3n) is 4.35. The first-order chi connectivity index (χ1) is 9.74. The van der Waals surface area contributed by atoms with Crippen LogP contribution in [0.15, 0.2) is 24.3 Å². The van der Waals surface area contributed by atoms with Crippen LogP contribution in [0.3, 0.4) is 0 Å². The van der Waals surface area contributed by atoms with E-state index in [1.807, 2.05) is 12.1 Å². The normalized spacial score (nSPS) is 26.6. The first-order valence-electron chi connectivity index (χ1n) is 7.83. The second kappa shape index (κ2) is 8.31. The van der Waals surface area contributed by atoms with Gasteiger partial charge in [0.1, 0.15) is 0 Å². The fourth-order valence-electron chi connectivity index (χ4n) is 3.07. The van der Waals surface area contributed by atoms with Gasteiger partial charge in [-0.3, -0.25) is 0 Å². The Balaban J connectivity index is 1.95. The second-order valence-corrected chi connectivity index (χ2v) is 7.33. The predicted molar refractivity (Wildman–Crippen MR) is 91.6 cm³/mol. The first kappa shape index (κ1) is 16.2. The fraction of sp³-hybridized carbons (Fsp3) is 0.647. The minimum atomic E-state index is 0.676. The highest BCUT2D eigenvalue weighted by Crippen LogP contribution is 2.36. The van der Waals surface area contributed by atoms with Crippen LogP contribution in [0, 0.1) is 5.92 Å². The van der Waals surface area contributed by atoms with E-state index < -0.39 is 0 Å². The van der Waals surface area contributed by atoms with Crippen LogP contribution in [0.2, 0.25) is 5.02 Å². The maximum absolute atomic E-state index is 6.27. The molecule has 1 aliphatic rings. The lowest BCUT2D eigenvalue weighted by Gasteiger charge is -2.36. The van der Waals surface area contributed by atoms with Gasteiger partial charge in [-0.25, -0.2) is 0 Å². The number of nitrogens with one attached hydrogen (secondary N) is 1. The molecule has 1 N–H and O–H groups in total. The fourth-order valence-corrected chi connectivity index (χ4v) is 4.87. The number of thioether (sulfide) groups is 1. The van der Waals surface area contributed by atoms with E-state index in [-0.39, 0.29) is 0 Å². The summed E-state index contributed by atoms with van der Waals surface area (Å²) in [4.78, 5) is 0. The van der Waals surface area contributed by atoms with E-state index in [2.05, 4.69) is 43.1 Å². The van der Waals surface area contributed by atoms with Crippen molar-refractivity contribution in [1.29, 1.82) is 0 Å². The highest BCUT2D eigenvalue weighted by molar-refractivity contribution is 7.99. The Hall–Kier alpha value is -0.180. The molecule has 1 aromatic carbocycles. The van der Waals surface area contributed by atoms with Gasteiger partial charge in [0.25, 0.3) is 0 Å². The van der Waals surface area contributed by atoms with E-state index in [1.165, 1.54) is 31.2 Å². The zero-order valence-corrected chi connectivity index (χ0v) is 14.1. The zero-order valence-electron chi connectivity index (χ0n) is 12.6. The highest BCUT2D eigenvalue weighted by Gasteiger charge is 2.29. The Labute approximate surface area is 132 Å². The second-order valence-electron chi connectivity index (χ2n) is 5.69. The van der Waals surface area contributed by atoms with Gasteiger partial charge in [-0.15, -0.1) is 0 Å². The summed E-state index contributed by atoms with van der Waals surface area (Å²) in [5.74, 6) is 1.94. The molecule has 20 heavy (non-hydrogen) atoms. The van der Waals surface area contributed by atoms with Crippen LogP contribution in [0.1, 0.15) is 45.1 Å². The number of rotatable bonds is 6. The van der Waals surface area contributed by atoms with Crippen molar-refractivity contribution in [3.63, 3.8) is 0 Å². The van der Waals surface area contributed by atoms with Crippen molar-refractivity contribution in [3.8, 4) is 0 Å². The lowest BCUT2D eigenvalue weighted by Crippen LogP contribution is -2.42. The summed E-state index contributed by atoms with van der Waals surface area (Å²) < 4.78 is 0. The lowest BCUT2D eigenvalue weighted by atomic mass is 9.84. The van der Waals surface area contributed by atoms with Crippen LogP contribution >= 0.6 is 23.4 Å². The third kappa shape index (κ3) is 4.41. The average Bonchev–Trinajstić information content (AvgIpc) is 2.48. The molecule has 0 radical (unpaired) electrons. The van der Waals surface area contributed by atoms with Crippen molar-refractivity contribution >= 4 is 23.4 Å². The molecule has 3 atom stereocenters. The molecule has 3 heteroatoms. The molecule has 0 aromatic heterocycles. The molecule has 0 amide bonds. The van der Waals surface area contributed by atoms with Gasteiger partial charge < -0.3 is 5.32 Å². The Morgan fingerprint density at radius 1 is 1.25 bits per heavy atom. The molecule has 1 aliphatic carbocycles. The van der Waals surface area contributed by atoms with E-state index in [0.717, 1.165) is 28.5 Å². The van der Waals surface area contributed by atoms with Crippen molar-refractivity contribution in [1.82, 2.24) is 5.32 Å². The molecule has 0 heterocycles. The summed E-state index contributed by atoms with van der Waals surface area (Å²) in [5, 5.41) is 5.31. The number of halogens is 1. The summed E-state index contributed by atoms with van der Waals surface area (Å²) in [7, 11) is 0. The molecular weight excluding hydrogens is 286 g/mol. The molecule has 1 saturated carbocycles. The van der Waals surface area contributed by atoms with Crippen molar-refractivity contribution < 1.29 is 0 Å². The van der Waals surface area contributed by atoms with Gasteiger partial charge in [0.05, 0.1) is 0 Å². The molecule has 0 saturated heterocycles. The van der Waals surface area contributed by atoms with Crippen LogP contribution in [0.25, 0.3) is 0 Å². The van der Waals surface area contributed by atoms with Crippen molar-refractivity contribution in [2.75, 3.05) is 6.54 Å². The Morgan fingerprint density at radius 2 is 2.05 bits per heavy atom. The number of benzene rings is 1. The molecule has 2 rings (SSSR count). The SMILES string of the molecule is CCNC1CCC(CC)CC1SCc1ccccc1Cl. The van der Waals surface area contributed by atoms with Gasteiger partial charge in [-0.1, -0.05) is 50.1 Å². The number of hydrogen-bond acceptors (Lipinski definition) is 2. The first-order valence-corrected chi connectivity index (χ1v) is 9.25. The van der Waals surface area contributed by atoms with E-state index in [1.54, 1.807) is 0 Å². The largest absolute Gasteiger partial charge is 0.313 e. The van der Waals surface area contributed by atoms with E-state index >= 15 is 0 Å². The minimum absolute atomic E-state index is 0.676. The van der Waals surface area contributed by atoms with Gasteiger partial charge >= 0.3 is 0 Å². The van der Waals surface area contributed by atoms with E-state index in [4.69, 9.17) is 11.6 Å². The Kier molecular flexibility index (Phi) is 6.73. The molecule has 1 nitrogen and oxygen atoms in total. The van der Waals surface area contributed by atoms with Crippen LogP contribution < -0.4 is 5.32 Å². The monoisotopic (exact) mass is 311 g/mol. The van der Waals surface area contributed by atoms with Crippen molar-refractivity contribution in [3.05, 3.63) is 34.9 Å². The highest BCUT2D eigenvalue weighted by atomic mass is 35.5. The summed E-state index contributed by atoms with van der Waals surface area (Å²) in [5.41, 5.74) is 1.27. The van der Waals surface area contributed by atoms with Crippen molar-refractivity contribution in [2.24, 2.45) is 5.92 Å². The molecular formula is C17H26ClNS. The van der Waals surface area contributed by atoms with Gasteiger partial charge in [0.2, 0.25) is 0 Å². The minimum Gasteiger partial charge on any atom is -0.313 e. The molecule has 112 valence electrons. The summed E-state index contributed by atoms with van der Waals surface area (Å²) >= 11 is 8.35. The lowest BCUT2D eigenvalue weighted by molar-refractivity contribution is 0.298. The quantitative estimate of drug-likeness (QED) is 0.781. The maximum Gasteiger partial charge on any atom is 0.0446 e. The van der Waals surface area contributed by atoms with Gasteiger partial charge in [-0.2, -0.15) is 11.8 Å². The standard InChI is InChI=1S/C17H26ClNS/c1-3-13-9-10-16(19-4-2)17(11-13)20-12-14-7-5-6-8-15(14)18/h5-8,13,16-17,19H,3-4,9-12H2,1-2H3. The summed E-state index contributed by atoms with van der Waals surface area (Å²) in [6, 6.07) is 8.91. The van der Waals surface area contributed by atoms with Crippen LogP contribution in [-0.2, 0) is 5.75 Å². The molecule has 0 aliphatic heterocycles. The topological polar surface area (TPSA) is 12.0 Å². The molecule has 1 fully saturated rings. The van der Waals surface area contributed by atoms with Crippen LogP contribution in [0.4, 0.5) is 0 Å². The molecule has 0 spiro atoms. The smallest absolute Gasteiger partial charge is 0.0446 e. The van der Waals surface area contributed by atoms with Crippen molar-refractivity contribution in [2.45, 2.75) is 56.6 Å². The summed E-state index contributed by atoms with van der Waals surface area (Å²) in [6.45, 7) is 5.61. The predicted octanol–water partition coefficient (Wildman–Crippen LogP) is 5.13. The van der Waals surface area contributed by atoms with Gasteiger partial charge in [0, 0.05) is 22.1 Å². The molecule has 3 unspecified atom stereocenters. The zero-order chi connectivity index (χ0) is 14.4.